The van der Waals surface area contributed by atoms with E-state index in [4.69, 9.17) is 5.73 Å². The minimum Gasteiger partial charge on any atom is -0.330 e. The number of nitrogens with two attached hydrogens (primary N) is 1. The van der Waals surface area contributed by atoms with E-state index in [0.717, 1.165) is 19.6 Å². The third kappa shape index (κ3) is 7.34. The molecule has 0 radical (unpaired) electrons. The van der Waals surface area contributed by atoms with Crippen LogP contribution >= 0.6 is 0 Å². The SMILES string of the molecule is CCC(C)(C)CNCCCC(C)CN. The van der Waals surface area contributed by atoms with Crippen molar-refractivity contribution in [1.29, 1.82) is 0 Å². The smallest absolute Gasteiger partial charge is 0.000241 e. The summed E-state index contributed by atoms with van der Waals surface area (Å²) < 4.78 is 0. The van der Waals surface area contributed by atoms with Gasteiger partial charge in [-0.25, -0.2) is 0 Å². The van der Waals surface area contributed by atoms with Crippen LogP contribution < -0.4 is 11.1 Å². The Kier molecular flexibility index (Phi) is 7.20. The van der Waals surface area contributed by atoms with Gasteiger partial charge in [0.2, 0.25) is 0 Å². The van der Waals surface area contributed by atoms with Gasteiger partial charge in [-0.1, -0.05) is 27.7 Å². The number of nitrogens with one attached hydrogen (secondary N) is 1. The average Bonchev–Trinajstić information content (AvgIpc) is 2.17. The molecule has 0 amide bonds. The molecule has 3 N–H and O–H groups in total. The zero-order valence-electron chi connectivity index (χ0n) is 10.4. The minimum atomic E-state index is 0.444. The van der Waals surface area contributed by atoms with E-state index in [1.165, 1.54) is 19.3 Å². The molecule has 0 aliphatic carbocycles. The fraction of sp³-hybridized carbons (Fsp3) is 1.00. The third-order valence-corrected chi connectivity index (χ3v) is 3.01. The van der Waals surface area contributed by atoms with Crippen LogP contribution in [0.1, 0.15) is 47.0 Å². The summed E-state index contributed by atoms with van der Waals surface area (Å²) in [7, 11) is 0. The quantitative estimate of drug-likeness (QED) is 0.590. The van der Waals surface area contributed by atoms with Gasteiger partial charge in [0.15, 0.2) is 0 Å². The first-order valence-corrected chi connectivity index (χ1v) is 5.92. The van der Waals surface area contributed by atoms with Crippen molar-refractivity contribution < 1.29 is 0 Å². The fourth-order valence-electron chi connectivity index (χ4n) is 1.25. The van der Waals surface area contributed by atoms with E-state index in [2.05, 4.69) is 33.0 Å². The fourth-order valence-corrected chi connectivity index (χ4v) is 1.25. The molecule has 1 atom stereocenters. The molecular weight excluding hydrogens is 172 g/mol. The van der Waals surface area contributed by atoms with E-state index in [1.54, 1.807) is 0 Å². The second-order valence-corrected chi connectivity index (χ2v) is 5.18. The molecule has 0 bridgehead atoms. The third-order valence-electron chi connectivity index (χ3n) is 3.01. The molecule has 0 rings (SSSR count). The van der Waals surface area contributed by atoms with Crippen molar-refractivity contribution >= 4 is 0 Å². The second-order valence-electron chi connectivity index (χ2n) is 5.18. The Balaban J connectivity index is 3.30. The molecule has 0 aliphatic rings. The highest BCUT2D eigenvalue weighted by molar-refractivity contribution is 4.69. The van der Waals surface area contributed by atoms with E-state index >= 15 is 0 Å². The molecule has 0 spiro atoms. The summed E-state index contributed by atoms with van der Waals surface area (Å²) in [4.78, 5) is 0. The van der Waals surface area contributed by atoms with Gasteiger partial charge in [0.25, 0.3) is 0 Å². The molecule has 2 heteroatoms. The van der Waals surface area contributed by atoms with Crippen LogP contribution in [0.25, 0.3) is 0 Å². The highest BCUT2D eigenvalue weighted by atomic mass is 14.9. The maximum atomic E-state index is 5.56. The maximum Gasteiger partial charge on any atom is 0.000241 e. The van der Waals surface area contributed by atoms with E-state index in [0.29, 0.717) is 11.3 Å². The molecule has 0 aromatic heterocycles. The lowest BCUT2D eigenvalue weighted by molar-refractivity contribution is 0.325. The van der Waals surface area contributed by atoms with Gasteiger partial charge in [0.05, 0.1) is 0 Å². The molecule has 0 saturated carbocycles. The second kappa shape index (κ2) is 7.24. The topological polar surface area (TPSA) is 38.0 Å². The largest absolute Gasteiger partial charge is 0.330 e. The van der Waals surface area contributed by atoms with Gasteiger partial charge in [0.1, 0.15) is 0 Å². The zero-order valence-corrected chi connectivity index (χ0v) is 10.4. The van der Waals surface area contributed by atoms with Crippen LogP contribution in [-0.4, -0.2) is 19.6 Å². The normalized spacial score (nSPS) is 14.4. The van der Waals surface area contributed by atoms with Crippen LogP contribution in [0, 0.1) is 11.3 Å². The summed E-state index contributed by atoms with van der Waals surface area (Å²) in [6.45, 7) is 12.2. The van der Waals surface area contributed by atoms with E-state index in [9.17, 15) is 0 Å². The standard InChI is InChI=1S/C12H28N2/c1-5-12(3,4)10-14-8-6-7-11(2)9-13/h11,14H,5-10,13H2,1-4H3. The molecule has 0 aliphatic heterocycles. The molecule has 0 heterocycles. The van der Waals surface area contributed by atoms with Crippen LogP contribution in [0.3, 0.4) is 0 Å². The predicted octanol–water partition coefficient (Wildman–Crippen LogP) is 2.39. The molecule has 0 aromatic rings. The molecule has 2 nitrogen and oxygen atoms in total. The number of hydrogen-bond acceptors (Lipinski definition) is 2. The van der Waals surface area contributed by atoms with Crippen molar-refractivity contribution in [2.75, 3.05) is 19.6 Å². The zero-order chi connectivity index (χ0) is 11.0. The molecule has 1 unspecified atom stereocenters. The molecule has 14 heavy (non-hydrogen) atoms. The molecule has 86 valence electrons. The van der Waals surface area contributed by atoms with Crippen LogP contribution in [0.4, 0.5) is 0 Å². The first-order valence-electron chi connectivity index (χ1n) is 5.92. The first-order chi connectivity index (χ1) is 6.52. The summed E-state index contributed by atoms with van der Waals surface area (Å²) in [5.74, 6) is 0.677. The van der Waals surface area contributed by atoms with E-state index in [-0.39, 0.29) is 0 Å². The van der Waals surface area contributed by atoms with Gasteiger partial charge in [-0.3, -0.25) is 0 Å². The van der Waals surface area contributed by atoms with Gasteiger partial charge < -0.3 is 11.1 Å². The molecular formula is C12H28N2. The summed E-state index contributed by atoms with van der Waals surface area (Å²) >= 11 is 0. The Morgan fingerprint density at radius 1 is 1.36 bits per heavy atom. The van der Waals surface area contributed by atoms with Gasteiger partial charge in [-0.2, -0.15) is 0 Å². The summed E-state index contributed by atoms with van der Waals surface area (Å²) in [5.41, 5.74) is 6.00. The lowest BCUT2D eigenvalue weighted by Crippen LogP contribution is -2.29. The number of rotatable bonds is 8. The van der Waals surface area contributed by atoms with Crippen molar-refractivity contribution in [3.8, 4) is 0 Å². The monoisotopic (exact) mass is 200 g/mol. The van der Waals surface area contributed by atoms with Crippen LogP contribution in [0.5, 0.6) is 0 Å². The van der Waals surface area contributed by atoms with E-state index < -0.39 is 0 Å². The Labute approximate surface area is 89.6 Å². The van der Waals surface area contributed by atoms with E-state index in [1.807, 2.05) is 0 Å². The average molecular weight is 200 g/mol. The van der Waals surface area contributed by atoms with Gasteiger partial charge in [-0.15, -0.1) is 0 Å². The summed E-state index contributed by atoms with van der Waals surface area (Å²) in [6, 6.07) is 0. The Hall–Kier alpha value is -0.0800. The number of hydrogen-bond donors (Lipinski definition) is 2. The highest BCUT2D eigenvalue weighted by Crippen LogP contribution is 2.17. The van der Waals surface area contributed by atoms with Crippen LogP contribution in [0.2, 0.25) is 0 Å². The first kappa shape index (κ1) is 13.9. The minimum absolute atomic E-state index is 0.444. The Bertz CT molecular complexity index is 132. The van der Waals surface area contributed by atoms with Crippen molar-refractivity contribution in [2.45, 2.75) is 47.0 Å². The lowest BCUT2D eigenvalue weighted by Gasteiger charge is -2.23. The Morgan fingerprint density at radius 2 is 2.00 bits per heavy atom. The van der Waals surface area contributed by atoms with Crippen molar-refractivity contribution in [2.24, 2.45) is 17.1 Å². The molecule has 0 aromatic carbocycles. The molecule has 0 saturated heterocycles. The van der Waals surface area contributed by atoms with Crippen molar-refractivity contribution in [3.63, 3.8) is 0 Å². The Morgan fingerprint density at radius 3 is 2.50 bits per heavy atom. The molecule has 0 fully saturated rings. The van der Waals surface area contributed by atoms with Gasteiger partial charge in [-0.05, 0) is 43.7 Å². The van der Waals surface area contributed by atoms with Gasteiger partial charge >= 0.3 is 0 Å². The van der Waals surface area contributed by atoms with Crippen molar-refractivity contribution in [1.82, 2.24) is 5.32 Å². The lowest BCUT2D eigenvalue weighted by atomic mass is 9.90. The van der Waals surface area contributed by atoms with Crippen molar-refractivity contribution in [3.05, 3.63) is 0 Å². The summed E-state index contributed by atoms with van der Waals surface area (Å²) in [6.07, 6.45) is 3.73. The maximum absolute atomic E-state index is 5.56. The van der Waals surface area contributed by atoms with Crippen LogP contribution in [0.15, 0.2) is 0 Å². The summed E-state index contributed by atoms with van der Waals surface area (Å²) in [5, 5.41) is 3.52. The highest BCUT2D eigenvalue weighted by Gasteiger charge is 2.13. The van der Waals surface area contributed by atoms with Crippen LogP contribution in [-0.2, 0) is 0 Å². The predicted molar refractivity (Wildman–Crippen MR) is 64.4 cm³/mol. The van der Waals surface area contributed by atoms with Gasteiger partial charge in [0, 0.05) is 6.54 Å².